The maximum Gasteiger partial charge on any atom is 0.0406 e. The molecule has 0 aromatic rings. The Bertz CT molecular complexity index is 23.6. The van der Waals surface area contributed by atoms with Gasteiger partial charge in [0.1, 0.15) is 0 Å². The molecule has 0 bridgehead atoms. The van der Waals surface area contributed by atoms with Gasteiger partial charge in [0.15, 0.2) is 0 Å². The molecule has 0 saturated carbocycles. The molecule has 1 aliphatic rings. The van der Waals surface area contributed by atoms with E-state index in [4.69, 9.17) is 4.74 Å². The van der Waals surface area contributed by atoms with Crippen LogP contribution in [0.3, 0.4) is 0 Å². The third-order valence-corrected chi connectivity index (χ3v) is 0.933. The van der Waals surface area contributed by atoms with Crippen molar-refractivity contribution in [2.45, 2.75) is 12.8 Å². The molecule has 0 atom stereocenters. The van der Waals surface area contributed by atoms with E-state index in [0.29, 0.717) is 0 Å². The van der Waals surface area contributed by atoms with Gasteiger partial charge >= 0.3 is 0 Å². The topological polar surface area (TPSA) is 9.23 Å². The van der Waals surface area contributed by atoms with Gasteiger partial charge in [-0.15, -0.1) is 0 Å². The van der Waals surface area contributed by atoms with Crippen LogP contribution >= 0.6 is 0 Å². The number of hydrogen-bond donors (Lipinski definition) is 0. The van der Waals surface area contributed by atoms with Crippen molar-refractivity contribution in [1.82, 2.24) is 0 Å². The second-order valence-corrected chi connectivity index (χ2v) is 1.51. The molecule has 0 aliphatic carbocycles. The molecule has 0 N–H and O–H groups in total. The largest absolute Gasteiger partial charge is 0.413 e. The van der Waals surface area contributed by atoms with Crippen molar-refractivity contribution in [2.75, 3.05) is 13.2 Å². The molecule has 0 spiro atoms. The molecule has 0 aromatic heterocycles. The average Bonchev–Trinajstić information content (AvgIpc) is 1.72. The van der Waals surface area contributed by atoms with Gasteiger partial charge in [0.05, 0.1) is 0 Å². The van der Waals surface area contributed by atoms with Crippen molar-refractivity contribution in [3.8, 4) is 0 Å². The van der Waals surface area contributed by atoms with E-state index >= 15 is 0 Å². The normalized spacial score (nSPS) is 20.6. The summed E-state index contributed by atoms with van der Waals surface area (Å²) in [7, 11) is 0. The Labute approximate surface area is 68.2 Å². The van der Waals surface area contributed by atoms with Crippen LogP contribution in [0.2, 0.25) is 0 Å². The Morgan fingerprint density at radius 1 is 1.43 bits per heavy atom. The fraction of sp³-hybridized carbons (Fsp3) is 0.800. The first-order valence-electron chi connectivity index (χ1n) is 2.39. The van der Waals surface area contributed by atoms with E-state index in [1.165, 1.54) is 12.8 Å². The SMILES string of the molecule is [CH-]1CCCOC1.[U]. The predicted octanol–water partition coefficient (Wildman–Crippen LogP) is 1.00. The molecule has 1 saturated heterocycles. The van der Waals surface area contributed by atoms with Crippen molar-refractivity contribution in [2.24, 2.45) is 0 Å². The van der Waals surface area contributed by atoms with Gasteiger partial charge in [-0.2, -0.15) is 6.42 Å². The molecular formula is C5H9OU-. The third kappa shape index (κ3) is 3.58. The van der Waals surface area contributed by atoms with Crippen LogP contribution in [0, 0.1) is 37.5 Å². The fourth-order valence-corrected chi connectivity index (χ4v) is 0.580. The minimum Gasteiger partial charge on any atom is -0.413 e. The summed E-state index contributed by atoms with van der Waals surface area (Å²) in [6.45, 7) is 1.84. The monoisotopic (exact) mass is 323 g/mol. The Hall–Kier alpha value is 1.01. The average molecular weight is 323 g/mol. The van der Waals surface area contributed by atoms with E-state index in [9.17, 15) is 0 Å². The summed E-state index contributed by atoms with van der Waals surface area (Å²) >= 11 is 0. The molecule has 0 unspecified atom stereocenters. The van der Waals surface area contributed by atoms with Crippen molar-refractivity contribution in [3.05, 3.63) is 6.42 Å². The quantitative estimate of drug-likeness (QED) is 0.605. The maximum absolute atomic E-state index is 5.01. The standard InChI is InChI=1S/C5H9O.U/c1-2-4-6-5-3-1;/h2H,1,3-5H2;/q-1;. The van der Waals surface area contributed by atoms with E-state index in [1.54, 1.807) is 0 Å². The second kappa shape index (κ2) is 5.15. The molecule has 7 heavy (non-hydrogen) atoms. The second-order valence-electron chi connectivity index (χ2n) is 1.51. The molecule has 0 amide bonds. The van der Waals surface area contributed by atoms with Crippen molar-refractivity contribution < 1.29 is 35.9 Å². The van der Waals surface area contributed by atoms with Gasteiger partial charge in [-0.05, 0) is 0 Å². The van der Waals surface area contributed by atoms with Gasteiger partial charge in [0.25, 0.3) is 0 Å². The first-order chi connectivity index (χ1) is 3.00. The summed E-state index contributed by atoms with van der Waals surface area (Å²) in [4.78, 5) is 0. The smallest absolute Gasteiger partial charge is 0.0406 e. The van der Waals surface area contributed by atoms with Crippen LogP contribution < -0.4 is 0 Å². The van der Waals surface area contributed by atoms with Crippen LogP contribution in [-0.4, -0.2) is 13.2 Å². The summed E-state index contributed by atoms with van der Waals surface area (Å²) in [5.74, 6) is 0. The fourth-order valence-electron chi connectivity index (χ4n) is 0.580. The van der Waals surface area contributed by atoms with Gasteiger partial charge < -0.3 is 11.2 Å². The van der Waals surface area contributed by atoms with E-state index in [-0.39, 0.29) is 31.1 Å². The van der Waals surface area contributed by atoms with Gasteiger partial charge in [0.2, 0.25) is 0 Å². The number of ether oxygens (including phenoxy) is 1. The van der Waals surface area contributed by atoms with Crippen molar-refractivity contribution in [1.29, 1.82) is 0 Å². The molecule has 0 aromatic carbocycles. The van der Waals surface area contributed by atoms with Gasteiger partial charge in [0, 0.05) is 37.7 Å². The molecule has 1 fully saturated rings. The van der Waals surface area contributed by atoms with Gasteiger partial charge in [-0.25, -0.2) is 0 Å². The molecule has 2 heteroatoms. The molecule has 0 radical (unpaired) electrons. The van der Waals surface area contributed by atoms with E-state index < -0.39 is 0 Å². The van der Waals surface area contributed by atoms with E-state index in [1.807, 2.05) is 0 Å². The zero-order valence-electron chi connectivity index (χ0n) is 4.31. The number of rotatable bonds is 0. The van der Waals surface area contributed by atoms with Crippen LogP contribution in [0.15, 0.2) is 0 Å². The molecule has 1 nitrogen and oxygen atoms in total. The Morgan fingerprint density at radius 2 is 2.29 bits per heavy atom. The zero-order chi connectivity index (χ0) is 4.24. The third-order valence-electron chi connectivity index (χ3n) is 0.933. The van der Waals surface area contributed by atoms with Crippen LogP contribution in [0.5, 0.6) is 0 Å². The van der Waals surface area contributed by atoms with Gasteiger partial charge in [-0.1, -0.05) is 13.0 Å². The minimum absolute atomic E-state index is 0. The van der Waals surface area contributed by atoms with Crippen LogP contribution in [0.4, 0.5) is 0 Å². The van der Waals surface area contributed by atoms with E-state index in [0.717, 1.165) is 13.2 Å². The van der Waals surface area contributed by atoms with Crippen molar-refractivity contribution >= 4 is 0 Å². The first kappa shape index (κ1) is 8.01. The summed E-state index contributed by atoms with van der Waals surface area (Å²) < 4.78 is 5.01. The van der Waals surface area contributed by atoms with Crippen LogP contribution in [-0.2, 0) is 4.74 Å². The molecule has 1 aliphatic heterocycles. The van der Waals surface area contributed by atoms with E-state index in [2.05, 4.69) is 6.42 Å². The minimum atomic E-state index is 0. The first-order valence-corrected chi connectivity index (χ1v) is 2.39. The molecule has 1 rings (SSSR count). The van der Waals surface area contributed by atoms with Crippen molar-refractivity contribution in [3.63, 3.8) is 0 Å². The predicted molar refractivity (Wildman–Crippen MR) is 24.4 cm³/mol. The Balaban J connectivity index is 0.000000360. The van der Waals surface area contributed by atoms with Gasteiger partial charge in [-0.3, -0.25) is 0 Å². The molecule has 40 valence electrons. The summed E-state index contributed by atoms with van der Waals surface area (Å²) in [5.41, 5.74) is 0. The summed E-state index contributed by atoms with van der Waals surface area (Å²) in [6.07, 6.45) is 4.64. The molecule has 1 heterocycles. The summed E-state index contributed by atoms with van der Waals surface area (Å²) in [5, 5.41) is 0. The Morgan fingerprint density at radius 3 is 2.43 bits per heavy atom. The Kier molecular flexibility index (Phi) is 5.90. The molecular weight excluding hydrogens is 314 g/mol. The summed E-state index contributed by atoms with van der Waals surface area (Å²) in [6, 6.07) is 0. The maximum atomic E-state index is 5.01. The number of hydrogen-bond acceptors (Lipinski definition) is 1. The zero-order valence-corrected chi connectivity index (χ0v) is 8.48. The van der Waals surface area contributed by atoms with Crippen LogP contribution in [0.1, 0.15) is 12.8 Å². The van der Waals surface area contributed by atoms with Crippen LogP contribution in [0.25, 0.3) is 0 Å².